The Morgan fingerprint density at radius 3 is 2.78 bits per heavy atom. The van der Waals surface area contributed by atoms with Crippen molar-refractivity contribution in [1.82, 2.24) is 4.98 Å². The predicted octanol–water partition coefficient (Wildman–Crippen LogP) is 4.05. The molecule has 1 aromatic carbocycles. The highest BCUT2D eigenvalue weighted by Gasteiger charge is 2.31. The topological polar surface area (TPSA) is 16.1 Å². The van der Waals surface area contributed by atoms with Gasteiger partial charge in [-0.25, -0.2) is 9.37 Å². The highest BCUT2D eigenvalue weighted by molar-refractivity contribution is 8.00. The van der Waals surface area contributed by atoms with Crippen molar-refractivity contribution in [2.75, 3.05) is 10.7 Å². The van der Waals surface area contributed by atoms with E-state index < -0.39 is 0 Å². The number of hydrogen-bond acceptors (Lipinski definition) is 4. The summed E-state index contributed by atoms with van der Waals surface area (Å²) in [5.74, 6) is 0.670. The van der Waals surface area contributed by atoms with Gasteiger partial charge in [0, 0.05) is 23.0 Å². The minimum Gasteiger partial charge on any atom is -0.305 e. The molecule has 3 rings (SSSR count). The fourth-order valence-corrected chi connectivity index (χ4v) is 3.95. The summed E-state index contributed by atoms with van der Waals surface area (Å²) in [7, 11) is 0. The zero-order valence-corrected chi connectivity index (χ0v) is 11.2. The van der Waals surface area contributed by atoms with Gasteiger partial charge in [0.1, 0.15) is 11.2 Å². The number of aromatic nitrogens is 1. The van der Waals surface area contributed by atoms with Gasteiger partial charge in [0.25, 0.3) is 0 Å². The molecule has 2 heterocycles. The van der Waals surface area contributed by atoms with Crippen LogP contribution < -0.4 is 4.90 Å². The van der Waals surface area contributed by atoms with Crippen LogP contribution in [0.1, 0.15) is 10.9 Å². The van der Waals surface area contributed by atoms with Crippen LogP contribution in [0.15, 0.2) is 48.1 Å². The third-order valence-electron chi connectivity index (χ3n) is 2.76. The van der Waals surface area contributed by atoms with E-state index in [9.17, 15) is 4.39 Å². The number of thioether (sulfide) groups is 1. The van der Waals surface area contributed by atoms with Crippen molar-refractivity contribution in [3.8, 4) is 0 Å². The maximum absolute atomic E-state index is 13.0. The summed E-state index contributed by atoms with van der Waals surface area (Å²) in [6.07, 6.45) is 1.79. The summed E-state index contributed by atoms with van der Waals surface area (Å²) in [6.45, 7) is 4.08. The number of anilines is 1. The van der Waals surface area contributed by atoms with Gasteiger partial charge in [0.15, 0.2) is 5.13 Å². The average molecular weight is 278 g/mol. The van der Waals surface area contributed by atoms with Crippen LogP contribution in [0.4, 0.5) is 9.52 Å². The first-order valence-electron chi connectivity index (χ1n) is 5.49. The summed E-state index contributed by atoms with van der Waals surface area (Å²) in [4.78, 5) is 6.47. The molecule has 0 saturated carbocycles. The Labute approximate surface area is 113 Å². The summed E-state index contributed by atoms with van der Waals surface area (Å²) in [5.41, 5.74) is 2.12. The van der Waals surface area contributed by atoms with Crippen molar-refractivity contribution in [3.05, 3.63) is 59.5 Å². The molecule has 0 aliphatic carbocycles. The second-order valence-electron chi connectivity index (χ2n) is 3.97. The largest absolute Gasteiger partial charge is 0.305 e. The minimum atomic E-state index is -0.207. The Bertz CT molecular complexity index is 551. The van der Waals surface area contributed by atoms with Crippen molar-refractivity contribution in [3.63, 3.8) is 0 Å². The fraction of sp³-hybridized carbons (Fsp3) is 0.154. The summed E-state index contributed by atoms with van der Waals surface area (Å²) < 4.78 is 13.0. The van der Waals surface area contributed by atoms with Crippen LogP contribution in [0, 0.1) is 5.82 Å². The molecule has 0 N–H and O–H groups in total. The molecule has 0 bridgehead atoms. The minimum absolute atomic E-state index is 0.143. The molecule has 1 fully saturated rings. The molecule has 2 aromatic rings. The first kappa shape index (κ1) is 11.7. The van der Waals surface area contributed by atoms with Gasteiger partial charge in [-0.3, -0.25) is 0 Å². The van der Waals surface area contributed by atoms with Crippen molar-refractivity contribution in [1.29, 1.82) is 0 Å². The number of halogens is 1. The van der Waals surface area contributed by atoms with Crippen LogP contribution in [0.25, 0.3) is 0 Å². The van der Waals surface area contributed by atoms with E-state index >= 15 is 0 Å². The Balaban J connectivity index is 1.96. The zero-order valence-electron chi connectivity index (χ0n) is 9.54. The van der Waals surface area contributed by atoms with E-state index in [0.717, 1.165) is 22.1 Å². The van der Waals surface area contributed by atoms with Gasteiger partial charge in [0.05, 0.1) is 0 Å². The van der Waals surface area contributed by atoms with Crippen LogP contribution in [0.5, 0.6) is 0 Å². The summed E-state index contributed by atoms with van der Waals surface area (Å²) in [5, 5.41) is 3.04. The van der Waals surface area contributed by atoms with Crippen molar-refractivity contribution >= 4 is 28.2 Å². The van der Waals surface area contributed by atoms with Gasteiger partial charge < -0.3 is 4.90 Å². The number of hydrogen-bond donors (Lipinski definition) is 0. The second kappa shape index (κ2) is 4.74. The van der Waals surface area contributed by atoms with E-state index in [1.165, 1.54) is 12.1 Å². The molecule has 5 heteroatoms. The van der Waals surface area contributed by atoms with Crippen molar-refractivity contribution < 1.29 is 4.39 Å². The standard InChI is InChI=1S/C13H11FN2S2/c1-9-8-18-12(10-2-4-11(14)5-3-10)16(9)13-15-6-7-17-13/h2-7,12H,1,8H2. The lowest BCUT2D eigenvalue weighted by Gasteiger charge is -2.24. The molecule has 1 aliphatic heterocycles. The highest BCUT2D eigenvalue weighted by Crippen LogP contribution is 2.45. The van der Waals surface area contributed by atoms with Gasteiger partial charge in [-0.2, -0.15) is 0 Å². The van der Waals surface area contributed by atoms with Crippen LogP contribution in [0.2, 0.25) is 0 Å². The lowest BCUT2D eigenvalue weighted by molar-refractivity contribution is 0.627. The van der Waals surface area contributed by atoms with E-state index in [0.29, 0.717) is 0 Å². The van der Waals surface area contributed by atoms with Gasteiger partial charge in [-0.1, -0.05) is 18.7 Å². The Morgan fingerprint density at radius 2 is 2.11 bits per heavy atom. The predicted molar refractivity (Wildman–Crippen MR) is 75.3 cm³/mol. The molecule has 1 unspecified atom stereocenters. The normalized spacial score (nSPS) is 19.5. The van der Waals surface area contributed by atoms with Crippen molar-refractivity contribution in [2.24, 2.45) is 0 Å². The fourth-order valence-electron chi connectivity index (χ4n) is 1.93. The smallest absolute Gasteiger partial charge is 0.190 e. The third kappa shape index (κ3) is 2.04. The van der Waals surface area contributed by atoms with Crippen LogP contribution in [-0.4, -0.2) is 10.7 Å². The molecule has 2 nitrogen and oxygen atoms in total. The molecular formula is C13H11FN2S2. The molecule has 1 atom stereocenters. The number of rotatable bonds is 2. The molecule has 0 amide bonds. The van der Waals surface area contributed by atoms with E-state index in [4.69, 9.17) is 0 Å². The van der Waals surface area contributed by atoms with Gasteiger partial charge in [-0.15, -0.1) is 23.1 Å². The monoisotopic (exact) mass is 278 g/mol. The molecular weight excluding hydrogens is 267 g/mol. The maximum Gasteiger partial charge on any atom is 0.190 e. The molecule has 1 saturated heterocycles. The molecule has 0 spiro atoms. The number of benzene rings is 1. The summed E-state index contributed by atoms with van der Waals surface area (Å²) >= 11 is 3.38. The third-order valence-corrected chi connectivity index (χ3v) is 4.83. The van der Waals surface area contributed by atoms with Gasteiger partial charge in [-0.05, 0) is 17.7 Å². The Morgan fingerprint density at radius 1 is 1.33 bits per heavy atom. The molecule has 18 heavy (non-hydrogen) atoms. The van der Waals surface area contributed by atoms with Gasteiger partial charge in [0.2, 0.25) is 0 Å². The Kier molecular flexibility index (Phi) is 3.09. The van der Waals surface area contributed by atoms with Crippen LogP contribution in [-0.2, 0) is 0 Å². The quantitative estimate of drug-likeness (QED) is 0.824. The van der Waals surface area contributed by atoms with Crippen LogP contribution >= 0.6 is 23.1 Å². The molecule has 0 radical (unpaired) electrons. The van der Waals surface area contributed by atoms with E-state index in [1.54, 1.807) is 29.3 Å². The van der Waals surface area contributed by atoms with E-state index in [-0.39, 0.29) is 11.2 Å². The highest BCUT2D eigenvalue weighted by atomic mass is 32.2. The first-order chi connectivity index (χ1) is 8.75. The van der Waals surface area contributed by atoms with E-state index in [1.807, 2.05) is 17.5 Å². The number of thiazole rings is 1. The average Bonchev–Trinajstić information content (AvgIpc) is 2.99. The maximum atomic E-state index is 13.0. The zero-order chi connectivity index (χ0) is 12.5. The Hall–Kier alpha value is -1.33. The lowest BCUT2D eigenvalue weighted by Crippen LogP contribution is -2.19. The van der Waals surface area contributed by atoms with Crippen molar-refractivity contribution in [2.45, 2.75) is 5.37 Å². The van der Waals surface area contributed by atoms with Crippen LogP contribution in [0.3, 0.4) is 0 Å². The summed E-state index contributed by atoms with van der Waals surface area (Å²) in [6, 6.07) is 6.65. The molecule has 1 aromatic heterocycles. The second-order valence-corrected chi connectivity index (χ2v) is 5.91. The lowest BCUT2D eigenvalue weighted by atomic mass is 10.2. The first-order valence-corrected chi connectivity index (χ1v) is 7.42. The molecule has 1 aliphatic rings. The number of nitrogens with zero attached hydrogens (tertiary/aromatic N) is 2. The SMILES string of the molecule is C=C1CSC(c2ccc(F)cc2)N1c1nccs1. The van der Waals surface area contributed by atoms with E-state index in [2.05, 4.69) is 16.5 Å². The molecule has 92 valence electrons. The van der Waals surface area contributed by atoms with Gasteiger partial charge >= 0.3 is 0 Å².